The van der Waals surface area contributed by atoms with Crippen LogP contribution in [-0.4, -0.2) is 24.3 Å². The van der Waals surface area contributed by atoms with Crippen LogP contribution in [0.4, 0.5) is 0 Å². The van der Waals surface area contributed by atoms with Crippen molar-refractivity contribution in [3.05, 3.63) is 83.9 Å². The molecule has 0 aliphatic rings. The van der Waals surface area contributed by atoms with Gasteiger partial charge in [0.2, 0.25) is 0 Å². The van der Waals surface area contributed by atoms with Gasteiger partial charge in [0.15, 0.2) is 0 Å². The molecule has 28 heavy (non-hydrogen) atoms. The van der Waals surface area contributed by atoms with Gasteiger partial charge in [-0.05, 0) is 39.7 Å². The maximum absolute atomic E-state index is 12.5. The molecule has 0 unspecified atom stereocenters. The quantitative estimate of drug-likeness (QED) is 0.411. The number of nitrogens with one attached hydrogen (secondary N) is 1. The van der Waals surface area contributed by atoms with E-state index in [-0.39, 0.29) is 11.3 Å². The summed E-state index contributed by atoms with van der Waals surface area (Å²) in [5.41, 5.74) is 3.42. The van der Waals surface area contributed by atoms with Crippen molar-refractivity contribution in [1.82, 2.24) is 5.43 Å². The molecule has 4 rings (SSSR count). The third-order valence-corrected chi connectivity index (χ3v) is 4.62. The molecule has 0 radical (unpaired) electrons. The smallest absolute Gasteiger partial charge is 0.275 e. The van der Waals surface area contributed by atoms with Crippen LogP contribution in [0.5, 0.6) is 11.5 Å². The molecule has 4 aromatic carbocycles. The van der Waals surface area contributed by atoms with E-state index >= 15 is 0 Å². The Labute approximate surface area is 161 Å². The van der Waals surface area contributed by atoms with E-state index in [0.717, 1.165) is 27.1 Å². The fourth-order valence-electron chi connectivity index (χ4n) is 3.21. The molecular formula is C23H18N2O3. The summed E-state index contributed by atoms with van der Waals surface area (Å²) in [6.07, 6.45) is 1.55. The zero-order chi connectivity index (χ0) is 19.5. The van der Waals surface area contributed by atoms with Gasteiger partial charge in [0.1, 0.15) is 11.5 Å². The van der Waals surface area contributed by atoms with Crippen molar-refractivity contribution in [3.63, 3.8) is 0 Å². The van der Waals surface area contributed by atoms with E-state index < -0.39 is 5.91 Å². The summed E-state index contributed by atoms with van der Waals surface area (Å²) in [5.74, 6) is 0.0816. The Morgan fingerprint density at radius 1 is 0.964 bits per heavy atom. The Morgan fingerprint density at radius 2 is 1.64 bits per heavy atom. The molecule has 0 heterocycles. The first-order valence-corrected chi connectivity index (χ1v) is 8.78. The molecule has 1 amide bonds. The van der Waals surface area contributed by atoms with Crippen LogP contribution in [-0.2, 0) is 0 Å². The number of methoxy groups -OCH3 is 1. The Morgan fingerprint density at radius 3 is 2.39 bits per heavy atom. The van der Waals surface area contributed by atoms with Gasteiger partial charge in [0.25, 0.3) is 5.91 Å². The van der Waals surface area contributed by atoms with E-state index in [1.165, 1.54) is 0 Å². The van der Waals surface area contributed by atoms with Gasteiger partial charge in [0.05, 0.1) is 18.9 Å². The molecular weight excluding hydrogens is 352 g/mol. The van der Waals surface area contributed by atoms with Crippen LogP contribution in [0.15, 0.2) is 77.9 Å². The molecule has 0 aliphatic heterocycles. The van der Waals surface area contributed by atoms with Crippen LogP contribution in [0.3, 0.4) is 0 Å². The average molecular weight is 370 g/mol. The van der Waals surface area contributed by atoms with Crippen LogP contribution >= 0.6 is 0 Å². The van der Waals surface area contributed by atoms with Crippen molar-refractivity contribution in [3.8, 4) is 11.5 Å². The molecule has 5 nitrogen and oxygen atoms in total. The van der Waals surface area contributed by atoms with Gasteiger partial charge in [-0.3, -0.25) is 4.79 Å². The van der Waals surface area contributed by atoms with Gasteiger partial charge in [-0.1, -0.05) is 54.6 Å². The van der Waals surface area contributed by atoms with Crippen molar-refractivity contribution < 1.29 is 14.6 Å². The molecule has 0 atom stereocenters. The summed E-state index contributed by atoms with van der Waals surface area (Å²) in [5, 5.41) is 18.0. The normalized spacial score (nSPS) is 11.2. The van der Waals surface area contributed by atoms with E-state index in [4.69, 9.17) is 4.74 Å². The number of carbonyl (C=O) groups is 1. The van der Waals surface area contributed by atoms with Gasteiger partial charge in [0, 0.05) is 5.56 Å². The van der Waals surface area contributed by atoms with E-state index in [2.05, 4.69) is 10.5 Å². The van der Waals surface area contributed by atoms with E-state index in [1.54, 1.807) is 25.5 Å². The first-order chi connectivity index (χ1) is 13.7. The number of carbonyl (C=O) groups excluding carboxylic acids is 1. The zero-order valence-corrected chi connectivity index (χ0v) is 15.2. The van der Waals surface area contributed by atoms with Crippen molar-refractivity contribution in [2.75, 3.05) is 7.11 Å². The molecule has 0 aromatic heterocycles. The number of benzene rings is 4. The molecule has 2 N–H and O–H groups in total. The first-order valence-electron chi connectivity index (χ1n) is 8.78. The van der Waals surface area contributed by atoms with Gasteiger partial charge < -0.3 is 9.84 Å². The van der Waals surface area contributed by atoms with Gasteiger partial charge >= 0.3 is 0 Å². The van der Waals surface area contributed by atoms with Crippen molar-refractivity contribution in [2.45, 2.75) is 0 Å². The minimum absolute atomic E-state index is 0.0888. The maximum atomic E-state index is 12.5. The number of ether oxygens (including phenoxy) is 1. The number of phenols is 1. The third-order valence-electron chi connectivity index (χ3n) is 4.62. The van der Waals surface area contributed by atoms with Crippen molar-refractivity contribution in [1.29, 1.82) is 0 Å². The monoisotopic (exact) mass is 370 g/mol. The molecule has 5 heteroatoms. The summed E-state index contributed by atoms with van der Waals surface area (Å²) >= 11 is 0. The largest absolute Gasteiger partial charge is 0.507 e. The van der Waals surface area contributed by atoms with Crippen molar-refractivity contribution >= 4 is 33.7 Å². The SMILES string of the molecule is COc1ccc2ccccc2c1/C=N/NC(=O)c1cc2ccccc2cc1O. The number of nitrogens with zero attached hydrogens (tertiary/aromatic N) is 1. The highest BCUT2D eigenvalue weighted by atomic mass is 16.5. The number of aromatic hydroxyl groups is 1. The predicted molar refractivity (Wildman–Crippen MR) is 111 cm³/mol. The lowest BCUT2D eigenvalue weighted by molar-refractivity contribution is 0.0952. The number of fused-ring (bicyclic) bond motifs is 2. The second-order valence-electron chi connectivity index (χ2n) is 6.32. The van der Waals surface area contributed by atoms with E-state index in [0.29, 0.717) is 5.75 Å². The van der Waals surface area contributed by atoms with Crippen LogP contribution < -0.4 is 10.2 Å². The summed E-state index contributed by atoms with van der Waals surface area (Å²) in [4.78, 5) is 12.5. The topological polar surface area (TPSA) is 70.9 Å². The van der Waals surface area contributed by atoms with E-state index in [1.807, 2.05) is 60.7 Å². The maximum Gasteiger partial charge on any atom is 0.275 e. The number of phenolic OH excluding ortho intramolecular Hbond substituents is 1. The first kappa shape index (κ1) is 17.5. The second-order valence-corrected chi connectivity index (χ2v) is 6.32. The predicted octanol–water partition coefficient (Wildman–Crippen LogP) is 4.47. The number of amides is 1. The summed E-state index contributed by atoms with van der Waals surface area (Å²) in [7, 11) is 1.59. The molecule has 138 valence electrons. The second kappa shape index (κ2) is 7.40. The van der Waals surface area contributed by atoms with E-state index in [9.17, 15) is 9.90 Å². The van der Waals surface area contributed by atoms with Crippen LogP contribution in [0.1, 0.15) is 15.9 Å². The summed E-state index contributed by atoms with van der Waals surface area (Å²) in [6, 6.07) is 22.4. The Kier molecular flexibility index (Phi) is 4.64. The molecule has 0 saturated heterocycles. The number of hydrazone groups is 1. The highest BCUT2D eigenvalue weighted by molar-refractivity contribution is 6.04. The van der Waals surface area contributed by atoms with Crippen LogP contribution in [0.2, 0.25) is 0 Å². The summed E-state index contributed by atoms with van der Waals surface area (Å²) < 4.78 is 5.42. The average Bonchev–Trinajstić information content (AvgIpc) is 2.73. The lowest BCUT2D eigenvalue weighted by atomic mass is 10.0. The van der Waals surface area contributed by atoms with Gasteiger partial charge in [-0.2, -0.15) is 5.10 Å². The van der Waals surface area contributed by atoms with Crippen LogP contribution in [0.25, 0.3) is 21.5 Å². The molecule has 4 aromatic rings. The third kappa shape index (κ3) is 3.25. The molecule has 0 fully saturated rings. The lowest BCUT2D eigenvalue weighted by Gasteiger charge is -2.09. The number of rotatable bonds is 4. The van der Waals surface area contributed by atoms with Gasteiger partial charge in [-0.15, -0.1) is 0 Å². The molecule has 0 saturated carbocycles. The minimum atomic E-state index is -0.487. The Bertz CT molecular complexity index is 1220. The van der Waals surface area contributed by atoms with Crippen LogP contribution in [0, 0.1) is 0 Å². The van der Waals surface area contributed by atoms with Gasteiger partial charge in [-0.25, -0.2) is 5.43 Å². The highest BCUT2D eigenvalue weighted by Gasteiger charge is 2.12. The molecule has 0 aliphatic carbocycles. The fourth-order valence-corrected chi connectivity index (χ4v) is 3.21. The number of hydrogen-bond donors (Lipinski definition) is 2. The Hall–Kier alpha value is -3.86. The minimum Gasteiger partial charge on any atom is -0.507 e. The zero-order valence-electron chi connectivity index (χ0n) is 15.2. The molecule has 0 spiro atoms. The highest BCUT2D eigenvalue weighted by Crippen LogP contribution is 2.27. The number of hydrogen-bond acceptors (Lipinski definition) is 4. The van der Waals surface area contributed by atoms with Crippen molar-refractivity contribution in [2.24, 2.45) is 5.10 Å². The lowest BCUT2D eigenvalue weighted by Crippen LogP contribution is -2.17. The Balaban J connectivity index is 1.63. The standard InChI is InChI=1S/C23H18N2O3/c1-28-22-11-10-15-6-4-5-9-18(15)20(22)14-24-25-23(27)19-12-16-7-2-3-8-17(16)13-21(19)26/h2-14,26H,1H3,(H,25,27)/b24-14+. The summed E-state index contributed by atoms with van der Waals surface area (Å²) in [6.45, 7) is 0. The molecule has 0 bridgehead atoms. The fraction of sp³-hybridized carbons (Fsp3) is 0.0435.